The molecule has 1 atom stereocenters. The minimum Gasteiger partial charge on any atom is -0.396 e. The first kappa shape index (κ1) is 14.6. The molecule has 19 heavy (non-hydrogen) atoms. The fraction of sp³-hybridized carbons (Fsp3) is 0.600. The van der Waals surface area contributed by atoms with E-state index in [0.29, 0.717) is 18.6 Å². The molecule has 0 aliphatic carbocycles. The van der Waals surface area contributed by atoms with Crippen molar-refractivity contribution in [1.29, 1.82) is 0 Å². The first-order valence-corrected chi connectivity index (χ1v) is 7.36. The predicted octanol–water partition coefficient (Wildman–Crippen LogP) is 2.83. The zero-order valence-electron chi connectivity index (χ0n) is 11.7. The average molecular weight is 283 g/mol. The van der Waals surface area contributed by atoms with Gasteiger partial charge in [-0.1, -0.05) is 17.7 Å². The van der Waals surface area contributed by atoms with E-state index in [9.17, 15) is 5.11 Å². The van der Waals surface area contributed by atoms with Crippen molar-refractivity contribution >= 4 is 17.3 Å². The molecule has 106 valence electrons. The zero-order chi connectivity index (χ0) is 13.8. The van der Waals surface area contributed by atoms with Gasteiger partial charge >= 0.3 is 0 Å². The van der Waals surface area contributed by atoms with E-state index >= 15 is 0 Å². The molecule has 1 aliphatic rings. The standard InChI is InChI=1S/C15H23ClN2O/c1-11(17-2)13-3-4-15(14(16)9-13)18-7-5-12(10-19)6-8-18/h3-4,9,11-12,17,19H,5-8,10H2,1-2H3. The van der Waals surface area contributed by atoms with Crippen LogP contribution in [-0.4, -0.2) is 31.9 Å². The molecule has 1 saturated heterocycles. The summed E-state index contributed by atoms with van der Waals surface area (Å²) < 4.78 is 0. The molecule has 1 unspecified atom stereocenters. The lowest BCUT2D eigenvalue weighted by atomic mass is 9.97. The number of piperidine rings is 1. The highest BCUT2D eigenvalue weighted by Gasteiger charge is 2.20. The zero-order valence-corrected chi connectivity index (χ0v) is 12.5. The summed E-state index contributed by atoms with van der Waals surface area (Å²) in [4.78, 5) is 2.32. The molecular weight excluding hydrogens is 260 g/mol. The Morgan fingerprint density at radius 2 is 2.11 bits per heavy atom. The summed E-state index contributed by atoms with van der Waals surface area (Å²) in [5.74, 6) is 0.457. The number of hydrogen-bond donors (Lipinski definition) is 2. The predicted molar refractivity (Wildman–Crippen MR) is 80.9 cm³/mol. The number of nitrogens with one attached hydrogen (secondary N) is 1. The molecule has 0 bridgehead atoms. The smallest absolute Gasteiger partial charge is 0.0642 e. The van der Waals surface area contributed by atoms with Gasteiger partial charge in [-0.15, -0.1) is 0 Å². The second kappa shape index (κ2) is 6.60. The van der Waals surface area contributed by atoms with E-state index in [-0.39, 0.29) is 0 Å². The van der Waals surface area contributed by atoms with E-state index in [1.165, 1.54) is 5.56 Å². The van der Waals surface area contributed by atoms with Crippen LogP contribution in [0.3, 0.4) is 0 Å². The second-order valence-electron chi connectivity index (χ2n) is 5.33. The quantitative estimate of drug-likeness (QED) is 0.891. The van der Waals surface area contributed by atoms with Crippen molar-refractivity contribution in [1.82, 2.24) is 5.32 Å². The van der Waals surface area contributed by atoms with Crippen molar-refractivity contribution in [3.63, 3.8) is 0 Å². The number of rotatable bonds is 4. The minimum absolute atomic E-state index is 0.306. The van der Waals surface area contributed by atoms with Gasteiger partial charge in [0, 0.05) is 25.7 Å². The number of nitrogens with zero attached hydrogens (tertiary/aromatic N) is 1. The molecule has 0 radical (unpaired) electrons. The molecule has 0 amide bonds. The average Bonchev–Trinajstić information content (AvgIpc) is 2.46. The minimum atomic E-state index is 0.306. The van der Waals surface area contributed by atoms with Crippen LogP contribution < -0.4 is 10.2 Å². The van der Waals surface area contributed by atoms with Gasteiger partial charge in [0.1, 0.15) is 0 Å². The molecule has 1 fully saturated rings. The van der Waals surface area contributed by atoms with Crippen LogP contribution in [0.4, 0.5) is 5.69 Å². The molecule has 2 rings (SSSR count). The maximum atomic E-state index is 9.18. The molecule has 1 aromatic rings. The van der Waals surface area contributed by atoms with Crippen molar-refractivity contribution in [3.8, 4) is 0 Å². The number of aliphatic hydroxyl groups is 1. The van der Waals surface area contributed by atoms with Gasteiger partial charge in [-0.25, -0.2) is 0 Å². The number of benzene rings is 1. The van der Waals surface area contributed by atoms with Crippen LogP contribution in [0.2, 0.25) is 5.02 Å². The highest BCUT2D eigenvalue weighted by molar-refractivity contribution is 6.33. The first-order chi connectivity index (χ1) is 9.15. The van der Waals surface area contributed by atoms with Crippen molar-refractivity contribution in [2.75, 3.05) is 31.6 Å². The fourth-order valence-electron chi connectivity index (χ4n) is 2.57. The van der Waals surface area contributed by atoms with Gasteiger partial charge in [-0.2, -0.15) is 0 Å². The van der Waals surface area contributed by atoms with Crippen LogP contribution in [-0.2, 0) is 0 Å². The lowest BCUT2D eigenvalue weighted by Crippen LogP contribution is -2.34. The Labute approximate surface area is 120 Å². The Hall–Kier alpha value is -0.770. The third-order valence-corrected chi connectivity index (χ3v) is 4.42. The lowest BCUT2D eigenvalue weighted by molar-refractivity contribution is 0.203. The van der Waals surface area contributed by atoms with Gasteiger partial charge in [0.25, 0.3) is 0 Å². The molecule has 2 N–H and O–H groups in total. The van der Waals surface area contributed by atoms with Crippen LogP contribution in [0, 0.1) is 5.92 Å². The normalized spacial score (nSPS) is 18.6. The Morgan fingerprint density at radius 3 is 2.63 bits per heavy atom. The first-order valence-electron chi connectivity index (χ1n) is 6.98. The van der Waals surface area contributed by atoms with E-state index in [1.54, 1.807) is 0 Å². The molecule has 3 nitrogen and oxygen atoms in total. The van der Waals surface area contributed by atoms with Crippen LogP contribution in [0.25, 0.3) is 0 Å². The van der Waals surface area contributed by atoms with Gasteiger partial charge in [0.15, 0.2) is 0 Å². The number of halogens is 1. The Kier molecular flexibility index (Phi) is 5.08. The van der Waals surface area contributed by atoms with Gasteiger partial charge in [-0.05, 0) is 50.4 Å². The Morgan fingerprint density at radius 1 is 1.42 bits per heavy atom. The number of aliphatic hydroxyl groups excluding tert-OH is 1. The lowest BCUT2D eigenvalue weighted by Gasteiger charge is -2.33. The molecule has 0 spiro atoms. The summed E-state index contributed by atoms with van der Waals surface area (Å²) in [7, 11) is 1.95. The maximum Gasteiger partial charge on any atom is 0.0642 e. The highest BCUT2D eigenvalue weighted by atomic mass is 35.5. The van der Waals surface area contributed by atoms with Gasteiger partial charge in [-0.3, -0.25) is 0 Å². The van der Waals surface area contributed by atoms with Crippen LogP contribution in [0.5, 0.6) is 0 Å². The van der Waals surface area contributed by atoms with E-state index in [1.807, 2.05) is 7.05 Å². The van der Waals surface area contributed by atoms with Gasteiger partial charge < -0.3 is 15.3 Å². The maximum absolute atomic E-state index is 9.18. The molecule has 0 saturated carbocycles. The fourth-order valence-corrected chi connectivity index (χ4v) is 2.88. The van der Waals surface area contributed by atoms with Crippen LogP contribution in [0.15, 0.2) is 18.2 Å². The summed E-state index contributed by atoms with van der Waals surface area (Å²) in [6, 6.07) is 6.62. The third kappa shape index (κ3) is 3.41. The number of hydrogen-bond acceptors (Lipinski definition) is 3. The SMILES string of the molecule is CNC(C)c1ccc(N2CCC(CO)CC2)c(Cl)c1. The third-order valence-electron chi connectivity index (χ3n) is 4.12. The van der Waals surface area contributed by atoms with Gasteiger partial charge in [0.2, 0.25) is 0 Å². The van der Waals surface area contributed by atoms with Crippen molar-refractivity contribution in [2.24, 2.45) is 5.92 Å². The Bertz CT molecular complexity index is 417. The van der Waals surface area contributed by atoms with Crippen molar-refractivity contribution in [3.05, 3.63) is 28.8 Å². The van der Waals surface area contributed by atoms with E-state index in [2.05, 4.69) is 35.3 Å². The molecule has 0 aromatic heterocycles. The summed E-state index contributed by atoms with van der Waals surface area (Å²) in [5.41, 5.74) is 2.33. The topological polar surface area (TPSA) is 35.5 Å². The monoisotopic (exact) mass is 282 g/mol. The molecule has 1 aromatic carbocycles. The second-order valence-corrected chi connectivity index (χ2v) is 5.74. The molecule has 1 heterocycles. The summed E-state index contributed by atoms with van der Waals surface area (Å²) in [5, 5.41) is 13.2. The van der Waals surface area contributed by atoms with Crippen molar-refractivity contribution in [2.45, 2.75) is 25.8 Å². The molecule has 1 aliphatic heterocycles. The summed E-state index contributed by atoms with van der Waals surface area (Å²) in [6.45, 7) is 4.38. The number of anilines is 1. The van der Waals surface area contributed by atoms with E-state index < -0.39 is 0 Å². The highest BCUT2D eigenvalue weighted by Crippen LogP contribution is 2.31. The van der Waals surface area contributed by atoms with Crippen molar-refractivity contribution < 1.29 is 5.11 Å². The van der Waals surface area contributed by atoms with E-state index in [0.717, 1.165) is 36.6 Å². The summed E-state index contributed by atoms with van der Waals surface area (Å²) >= 11 is 6.42. The summed E-state index contributed by atoms with van der Waals surface area (Å²) in [6.07, 6.45) is 2.09. The van der Waals surface area contributed by atoms with Gasteiger partial charge in [0.05, 0.1) is 10.7 Å². The largest absolute Gasteiger partial charge is 0.396 e. The molecular formula is C15H23ClN2O. The van der Waals surface area contributed by atoms with Crippen LogP contribution >= 0.6 is 11.6 Å². The van der Waals surface area contributed by atoms with E-state index in [4.69, 9.17) is 11.6 Å². The molecule has 4 heteroatoms. The van der Waals surface area contributed by atoms with Crippen LogP contribution in [0.1, 0.15) is 31.4 Å². The Balaban J connectivity index is 2.09.